The maximum absolute atomic E-state index is 5.71. The fourth-order valence-corrected chi connectivity index (χ4v) is 2.46. The summed E-state index contributed by atoms with van der Waals surface area (Å²) in [6.45, 7) is 0. The summed E-state index contributed by atoms with van der Waals surface area (Å²) >= 11 is 0. The number of allylic oxidation sites excluding steroid dienone is 2. The van der Waals surface area contributed by atoms with Crippen molar-refractivity contribution in [3.05, 3.63) is 79.0 Å². The van der Waals surface area contributed by atoms with Crippen LogP contribution in [-0.2, 0) is 4.74 Å². The van der Waals surface area contributed by atoms with E-state index >= 15 is 0 Å². The second-order valence-corrected chi connectivity index (χ2v) is 4.96. The summed E-state index contributed by atoms with van der Waals surface area (Å²) in [5.41, 5.74) is 0. The van der Waals surface area contributed by atoms with Crippen molar-refractivity contribution in [3.63, 3.8) is 0 Å². The highest BCUT2D eigenvalue weighted by Gasteiger charge is 2.05. The van der Waals surface area contributed by atoms with Gasteiger partial charge in [0, 0.05) is 12.1 Å². The van der Waals surface area contributed by atoms with Crippen LogP contribution in [-0.4, -0.2) is 0 Å². The van der Waals surface area contributed by atoms with E-state index in [1.807, 2.05) is 30.4 Å². The van der Waals surface area contributed by atoms with Crippen molar-refractivity contribution in [2.75, 3.05) is 0 Å². The Labute approximate surface area is 122 Å². The van der Waals surface area contributed by atoms with Gasteiger partial charge in [-0.3, -0.25) is 0 Å². The zero-order valence-corrected chi connectivity index (χ0v) is 11.4. The lowest BCUT2D eigenvalue weighted by atomic mass is 10.0. The van der Waals surface area contributed by atoms with Crippen LogP contribution in [0, 0.1) is 6.07 Å². The summed E-state index contributed by atoms with van der Waals surface area (Å²) in [4.78, 5) is 0. The first-order valence-electron chi connectivity index (χ1n) is 6.93. The van der Waals surface area contributed by atoms with Crippen LogP contribution in [0.5, 0.6) is 5.75 Å². The summed E-state index contributed by atoms with van der Waals surface area (Å²) < 4.78 is 11.0. The summed E-state index contributed by atoms with van der Waals surface area (Å²) in [6, 6.07) is 19.9. The molecule has 0 aliphatic carbocycles. The Kier molecular flexibility index (Phi) is 2.86. The smallest absolute Gasteiger partial charge is 0.285 e. The van der Waals surface area contributed by atoms with E-state index in [4.69, 9.17) is 9.47 Å². The topological polar surface area (TPSA) is 18.5 Å². The second kappa shape index (κ2) is 4.98. The monoisotopic (exact) mass is 273 g/mol. The Hall–Kier alpha value is -2.74. The van der Waals surface area contributed by atoms with Crippen molar-refractivity contribution in [2.24, 2.45) is 0 Å². The molecule has 0 amide bonds. The first-order chi connectivity index (χ1) is 10.4. The lowest BCUT2D eigenvalue weighted by molar-refractivity contribution is 0.178. The van der Waals surface area contributed by atoms with Crippen molar-refractivity contribution >= 4 is 21.5 Å². The van der Waals surface area contributed by atoms with Gasteiger partial charge in [-0.25, -0.2) is 0 Å². The standard InChI is InChI=1S/C19H13O2/c1-2-6-15-12-17-13-18(21-19-7-3-4-10-20-19)9-8-16(17)11-14(15)5-1/h1-2,4-12H,3H2. The van der Waals surface area contributed by atoms with Crippen molar-refractivity contribution in [2.45, 2.75) is 6.42 Å². The summed E-state index contributed by atoms with van der Waals surface area (Å²) in [5.74, 6) is 1.17. The van der Waals surface area contributed by atoms with Gasteiger partial charge in [-0.1, -0.05) is 30.3 Å². The van der Waals surface area contributed by atoms with Gasteiger partial charge in [-0.15, -0.1) is 0 Å². The van der Waals surface area contributed by atoms with Crippen LogP contribution in [0.4, 0.5) is 0 Å². The summed E-state index contributed by atoms with van der Waals surface area (Å²) in [6.07, 6.45) is 6.30. The molecule has 4 rings (SSSR count). The number of fused-ring (bicyclic) bond motifs is 2. The minimum absolute atomic E-state index is 0.508. The number of ether oxygens (including phenoxy) is 2. The highest BCUT2D eigenvalue weighted by molar-refractivity contribution is 5.98. The maximum Gasteiger partial charge on any atom is 0.285 e. The van der Waals surface area contributed by atoms with Crippen LogP contribution < -0.4 is 4.74 Å². The SMILES string of the molecule is [c]1c(OC2=CCC=CO2)ccc2cc3ccccc3cc12. The predicted molar refractivity (Wildman–Crippen MR) is 83.8 cm³/mol. The average Bonchev–Trinajstić information content (AvgIpc) is 2.54. The molecule has 21 heavy (non-hydrogen) atoms. The molecule has 0 fully saturated rings. The summed E-state index contributed by atoms with van der Waals surface area (Å²) in [5, 5.41) is 4.63. The molecule has 1 radical (unpaired) electrons. The Morgan fingerprint density at radius 2 is 1.81 bits per heavy atom. The molecule has 0 unspecified atom stereocenters. The number of rotatable bonds is 2. The summed E-state index contributed by atoms with van der Waals surface area (Å²) in [7, 11) is 0. The quantitative estimate of drug-likeness (QED) is 0.615. The third-order valence-corrected chi connectivity index (χ3v) is 3.50. The molecule has 3 aromatic carbocycles. The van der Waals surface area contributed by atoms with Gasteiger partial charge in [0.15, 0.2) is 0 Å². The first-order valence-corrected chi connectivity index (χ1v) is 6.93. The highest BCUT2D eigenvalue weighted by Crippen LogP contribution is 2.27. The van der Waals surface area contributed by atoms with Gasteiger partial charge in [0.05, 0.1) is 6.26 Å². The molecule has 0 aromatic heterocycles. The van der Waals surface area contributed by atoms with E-state index in [0.29, 0.717) is 11.7 Å². The van der Waals surface area contributed by atoms with Gasteiger partial charge >= 0.3 is 0 Å². The fraction of sp³-hybridized carbons (Fsp3) is 0.0526. The van der Waals surface area contributed by atoms with E-state index in [1.54, 1.807) is 6.26 Å². The molecule has 0 spiro atoms. The third-order valence-electron chi connectivity index (χ3n) is 3.50. The van der Waals surface area contributed by atoms with Crippen LogP contribution in [0.15, 0.2) is 72.9 Å². The van der Waals surface area contributed by atoms with Crippen molar-refractivity contribution in [1.29, 1.82) is 0 Å². The fourth-order valence-electron chi connectivity index (χ4n) is 2.46. The van der Waals surface area contributed by atoms with E-state index in [1.165, 1.54) is 10.8 Å². The van der Waals surface area contributed by atoms with E-state index in [0.717, 1.165) is 17.2 Å². The molecule has 2 nitrogen and oxygen atoms in total. The van der Waals surface area contributed by atoms with Gasteiger partial charge in [0.25, 0.3) is 5.95 Å². The highest BCUT2D eigenvalue weighted by atomic mass is 16.7. The number of hydrogen-bond acceptors (Lipinski definition) is 2. The van der Waals surface area contributed by atoms with E-state index in [-0.39, 0.29) is 0 Å². The van der Waals surface area contributed by atoms with Crippen LogP contribution in [0.2, 0.25) is 0 Å². The molecular weight excluding hydrogens is 260 g/mol. The number of hydrogen-bond donors (Lipinski definition) is 0. The minimum Gasteiger partial charge on any atom is -0.435 e. The lowest BCUT2D eigenvalue weighted by Crippen LogP contribution is -1.99. The van der Waals surface area contributed by atoms with Crippen molar-refractivity contribution in [3.8, 4) is 5.75 Å². The van der Waals surface area contributed by atoms with Gasteiger partial charge in [0.2, 0.25) is 0 Å². The molecule has 0 N–H and O–H groups in total. The molecule has 0 saturated heterocycles. The Bertz CT molecular complexity index is 875. The molecular formula is C19H13O2. The Morgan fingerprint density at radius 3 is 2.62 bits per heavy atom. The van der Waals surface area contributed by atoms with Gasteiger partial charge < -0.3 is 9.47 Å². The molecule has 1 aliphatic rings. The Morgan fingerprint density at radius 1 is 0.952 bits per heavy atom. The molecule has 1 aliphatic heterocycles. The minimum atomic E-state index is 0.508. The third kappa shape index (κ3) is 2.36. The lowest BCUT2D eigenvalue weighted by Gasteiger charge is -2.11. The van der Waals surface area contributed by atoms with Gasteiger partial charge in [-0.2, -0.15) is 0 Å². The van der Waals surface area contributed by atoms with Gasteiger partial charge in [-0.05, 0) is 52.2 Å². The molecule has 0 bridgehead atoms. The molecule has 3 aromatic rings. The van der Waals surface area contributed by atoms with E-state index < -0.39 is 0 Å². The number of benzene rings is 3. The second-order valence-electron chi connectivity index (χ2n) is 4.96. The van der Waals surface area contributed by atoms with E-state index in [9.17, 15) is 0 Å². The zero-order valence-electron chi connectivity index (χ0n) is 11.4. The largest absolute Gasteiger partial charge is 0.435 e. The first kappa shape index (κ1) is 12.0. The Balaban J connectivity index is 1.74. The van der Waals surface area contributed by atoms with Crippen LogP contribution in [0.1, 0.15) is 6.42 Å². The van der Waals surface area contributed by atoms with Crippen LogP contribution >= 0.6 is 0 Å². The van der Waals surface area contributed by atoms with E-state index in [2.05, 4.69) is 36.4 Å². The molecule has 1 heterocycles. The van der Waals surface area contributed by atoms with Crippen molar-refractivity contribution < 1.29 is 9.47 Å². The molecule has 0 atom stereocenters. The van der Waals surface area contributed by atoms with Crippen molar-refractivity contribution in [1.82, 2.24) is 0 Å². The average molecular weight is 273 g/mol. The van der Waals surface area contributed by atoms with Gasteiger partial charge in [0.1, 0.15) is 5.75 Å². The normalized spacial score (nSPS) is 14.0. The molecule has 0 saturated carbocycles. The molecule has 2 heteroatoms. The van der Waals surface area contributed by atoms with Crippen LogP contribution in [0.25, 0.3) is 21.5 Å². The maximum atomic E-state index is 5.71. The van der Waals surface area contributed by atoms with Crippen LogP contribution in [0.3, 0.4) is 0 Å². The zero-order chi connectivity index (χ0) is 14.1. The predicted octanol–water partition coefficient (Wildman–Crippen LogP) is 4.95. The molecule has 101 valence electrons.